The first-order chi connectivity index (χ1) is 7.58. The molecule has 0 fully saturated rings. The van der Waals surface area contributed by atoms with Crippen molar-refractivity contribution in [2.75, 3.05) is 13.7 Å². The summed E-state index contributed by atoms with van der Waals surface area (Å²) in [6, 6.07) is 3.52. The van der Waals surface area contributed by atoms with Crippen LogP contribution in [0.1, 0.15) is 21.5 Å². The summed E-state index contributed by atoms with van der Waals surface area (Å²) >= 11 is 0. The summed E-state index contributed by atoms with van der Waals surface area (Å²) in [5, 5.41) is 2.47. The predicted octanol–water partition coefficient (Wildman–Crippen LogP) is 1.24. The molecule has 0 saturated carbocycles. The van der Waals surface area contributed by atoms with Crippen LogP contribution >= 0.6 is 0 Å². The number of aryl methyl sites for hydroxylation is 2. The van der Waals surface area contributed by atoms with Gasteiger partial charge in [-0.15, -0.1) is 0 Å². The first-order valence-corrected chi connectivity index (χ1v) is 4.98. The summed E-state index contributed by atoms with van der Waals surface area (Å²) in [5.74, 6) is 0.447. The Morgan fingerprint density at radius 3 is 2.62 bits per heavy atom. The fourth-order valence-corrected chi connectivity index (χ4v) is 1.31. The monoisotopic (exact) mass is 221 g/mol. The maximum absolute atomic E-state index is 11.0. The van der Waals surface area contributed by atoms with Gasteiger partial charge in [0.25, 0.3) is 5.91 Å². The van der Waals surface area contributed by atoms with E-state index in [2.05, 4.69) is 5.32 Å². The van der Waals surface area contributed by atoms with E-state index in [1.54, 1.807) is 19.2 Å². The molecule has 0 bridgehead atoms. The summed E-state index contributed by atoms with van der Waals surface area (Å²) in [5.41, 5.74) is 2.33. The Balaban J connectivity index is 2.85. The van der Waals surface area contributed by atoms with E-state index in [0.717, 1.165) is 17.4 Å². The molecule has 0 aliphatic carbocycles. The highest BCUT2D eigenvalue weighted by atomic mass is 16.5. The number of ether oxygens (including phenoxy) is 1. The Bertz CT molecular complexity index is 413. The van der Waals surface area contributed by atoms with Crippen LogP contribution in [0.4, 0.5) is 0 Å². The SMILES string of the molecule is CNC(=O)COc1cc(C)c(C=O)cc1C. The Kier molecular flexibility index (Phi) is 4.05. The third kappa shape index (κ3) is 2.82. The Labute approximate surface area is 94.6 Å². The Hall–Kier alpha value is -1.84. The Morgan fingerprint density at radius 2 is 2.06 bits per heavy atom. The second-order valence-electron chi connectivity index (χ2n) is 3.55. The predicted molar refractivity (Wildman–Crippen MR) is 60.9 cm³/mol. The second-order valence-corrected chi connectivity index (χ2v) is 3.55. The van der Waals surface area contributed by atoms with Crippen LogP contribution in [0, 0.1) is 13.8 Å². The van der Waals surface area contributed by atoms with Gasteiger partial charge in [-0.2, -0.15) is 0 Å². The first kappa shape index (κ1) is 12.2. The maximum atomic E-state index is 11.0. The molecule has 0 radical (unpaired) electrons. The number of carbonyl (C=O) groups excluding carboxylic acids is 2. The van der Waals surface area contributed by atoms with Crippen LogP contribution in [0.3, 0.4) is 0 Å². The number of benzene rings is 1. The van der Waals surface area contributed by atoms with Crippen LogP contribution in [0.5, 0.6) is 5.75 Å². The smallest absolute Gasteiger partial charge is 0.257 e. The van der Waals surface area contributed by atoms with Gasteiger partial charge in [0.15, 0.2) is 6.61 Å². The van der Waals surface area contributed by atoms with E-state index in [9.17, 15) is 9.59 Å². The molecule has 4 heteroatoms. The third-order valence-corrected chi connectivity index (χ3v) is 2.33. The highest BCUT2D eigenvalue weighted by Crippen LogP contribution is 2.21. The number of carbonyl (C=O) groups is 2. The van der Waals surface area contributed by atoms with E-state index in [4.69, 9.17) is 4.74 Å². The zero-order valence-electron chi connectivity index (χ0n) is 9.66. The van der Waals surface area contributed by atoms with E-state index in [0.29, 0.717) is 11.3 Å². The summed E-state index contributed by atoms with van der Waals surface area (Å²) in [7, 11) is 1.55. The fourth-order valence-electron chi connectivity index (χ4n) is 1.31. The van der Waals surface area contributed by atoms with Crippen LogP contribution in [0.15, 0.2) is 12.1 Å². The lowest BCUT2D eigenvalue weighted by molar-refractivity contribution is -0.122. The van der Waals surface area contributed by atoms with Crippen molar-refractivity contribution in [3.05, 3.63) is 28.8 Å². The maximum Gasteiger partial charge on any atom is 0.257 e. The van der Waals surface area contributed by atoms with Gasteiger partial charge in [-0.05, 0) is 37.1 Å². The molecule has 1 aromatic carbocycles. The minimum absolute atomic E-state index is 0.0167. The number of hydrogen-bond donors (Lipinski definition) is 1. The number of rotatable bonds is 4. The highest BCUT2D eigenvalue weighted by Gasteiger charge is 2.06. The van der Waals surface area contributed by atoms with Crippen molar-refractivity contribution >= 4 is 12.2 Å². The van der Waals surface area contributed by atoms with Crippen molar-refractivity contribution in [1.29, 1.82) is 0 Å². The first-order valence-electron chi connectivity index (χ1n) is 4.98. The lowest BCUT2D eigenvalue weighted by Gasteiger charge is -2.10. The number of hydrogen-bond acceptors (Lipinski definition) is 3. The molecule has 0 atom stereocenters. The molecule has 1 aromatic rings. The van der Waals surface area contributed by atoms with Crippen LogP contribution < -0.4 is 10.1 Å². The molecule has 1 amide bonds. The van der Waals surface area contributed by atoms with Crippen LogP contribution in [-0.2, 0) is 4.79 Å². The zero-order chi connectivity index (χ0) is 12.1. The molecule has 4 nitrogen and oxygen atoms in total. The number of amides is 1. The van der Waals surface area contributed by atoms with Crippen molar-refractivity contribution in [3.63, 3.8) is 0 Å². The van der Waals surface area contributed by atoms with Crippen molar-refractivity contribution in [1.82, 2.24) is 5.32 Å². The van der Waals surface area contributed by atoms with Crippen LogP contribution in [0.25, 0.3) is 0 Å². The lowest BCUT2D eigenvalue weighted by Crippen LogP contribution is -2.25. The van der Waals surface area contributed by atoms with Crippen molar-refractivity contribution in [2.24, 2.45) is 0 Å². The molecule has 0 saturated heterocycles. The van der Waals surface area contributed by atoms with Gasteiger partial charge < -0.3 is 10.1 Å². The van der Waals surface area contributed by atoms with Gasteiger partial charge in [0.05, 0.1) is 0 Å². The van der Waals surface area contributed by atoms with Crippen LogP contribution in [0.2, 0.25) is 0 Å². The van der Waals surface area contributed by atoms with E-state index in [1.165, 1.54) is 0 Å². The molecule has 0 heterocycles. The Morgan fingerprint density at radius 1 is 1.38 bits per heavy atom. The molecular weight excluding hydrogens is 206 g/mol. The molecule has 0 aromatic heterocycles. The highest BCUT2D eigenvalue weighted by molar-refractivity contribution is 5.79. The van der Waals surface area contributed by atoms with Gasteiger partial charge in [0.2, 0.25) is 0 Å². The molecule has 0 spiro atoms. The topological polar surface area (TPSA) is 55.4 Å². The van der Waals surface area contributed by atoms with Gasteiger partial charge in [0, 0.05) is 12.6 Å². The van der Waals surface area contributed by atoms with Gasteiger partial charge in [-0.25, -0.2) is 0 Å². The zero-order valence-corrected chi connectivity index (χ0v) is 9.66. The third-order valence-electron chi connectivity index (χ3n) is 2.33. The minimum atomic E-state index is -0.184. The summed E-state index contributed by atoms with van der Waals surface area (Å²) in [4.78, 5) is 21.7. The number of aldehydes is 1. The van der Waals surface area contributed by atoms with E-state index in [1.807, 2.05) is 13.8 Å². The van der Waals surface area contributed by atoms with Gasteiger partial charge in [-0.3, -0.25) is 9.59 Å². The average molecular weight is 221 g/mol. The van der Waals surface area contributed by atoms with Crippen LogP contribution in [-0.4, -0.2) is 25.8 Å². The molecule has 1 N–H and O–H groups in total. The molecule has 0 aliphatic rings. The van der Waals surface area contributed by atoms with Crippen molar-refractivity contribution < 1.29 is 14.3 Å². The average Bonchev–Trinajstić information content (AvgIpc) is 2.29. The van der Waals surface area contributed by atoms with E-state index in [-0.39, 0.29) is 12.5 Å². The largest absolute Gasteiger partial charge is 0.483 e. The standard InChI is InChI=1S/C12H15NO3/c1-8-5-11(16-7-12(15)13-3)9(2)4-10(8)6-14/h4-6H,7H2,1-3H3,(H,13,15). The van der Waals surface area contributed by atoms with E-state index < -0.39 is 0 Å². The molecule has 0 unspecified atom stereocenters. The minimum Gasteiger partial charge on any atom is -0.483 e. The van der Waals surface area contributed by atoms with Crippen molar-refractivity contribution in [2.45, 2.75) is 13.8 Å². The van der Waals surface area contributed by atoms with Gasteiger partial charge in [-0.1, -0.05) is 0 Å². The lowest BCUT2D eigenvalue weighted by atomic mass is 10.1. The summed E-state index contributed by atoms with van der Waals surface area (Å²) < 4.78 is 5.34. The molecule has 1 rings (SSSR count). The van der Waals surface area contributed by atoms with Gasteiger partial charge in [0.1, 0.15) is 12.0 Å². The summed E-state index contributed by atoms with van der Waals surface area (Å²) in [6.07, 6.45) is 0.810. The molecule has 16 heavy (non-hydrogen) atoms. The van der Waals surface area contributed by atoms with Crippen molar-refractivity contribution in [3.8, 4) is 5.75 Å². The normalized spacial score (nSPS) is 9.69. The number of likely N-dealkylation sites (N-methyl/N-ethyl adjacent to an activating group) is 1. The summed E-state index contributed by atoms with van der Waals surface area (Å²) in [6.45, 7) is 3.65. The molecular formula is C12H15NO3. The molecule has 0 aliphatic heterocycles. The fraction of sp³-hybridized carbons (Fsp3) is 0.333. The van der Waals surface area contributed by atoms with E-state index >= 15 is 0 Å². The molecule has 86 valence electrons. The van der Waals surface area contributed by atoms with Gasteiger partial charge >= 0.3 is 0 Å². The quantitative estimate of drug-likeness (QED) is 0.778. The second kappa shape index (κ2) is 5.30. The number of nitrogens with one attached hydrogen (secondary N) is 1.